The van der Waals surface area contributed by atoms with Gasteiger partial charge in [-0.05, 0) is 43.0 Å². The van der Waals surface area contributed by atoms with Gasteiger partial charge in [-0.3, -0.25) is 4.98 Å². The quantitative estimate of drug-likeness (QED) is 0.636. The van der Waals surface area contributed by atoms with Crippen molar-refractivity contribution in [1.82, 2.24) is 4.98 Å². The highest BCUT2D eigenvalue weighted by molar-refractivity contribution is 7.17. The third-order valence-corrected chi connectivity index (χ3v) is 5.87. The SMILES string of the molecule is CCOC(=O)c1cnc2ccsc2c1NC1CCN(c2ccc(C#N)c(F)c2)C1. The number of fused-ring (bicyclic) bond motifs is 1. The topological polar surface area (TPSA) is 78.2 Å². The summed E-state index contributed by atoms with van der Waals surface area (Å²) in [6.45, 7) is 3.47. The van der Waals surface area contributed by atoms with Crippen LogP contribution in [0.2, 0.25) is 0 Å². The van der Waals surface area contributed by atoms with E-state index in [1.165, 1.54) is 23.5 Å². The fourth-order valence-electron chi connectivity index (χ4n) is 3.53. The maximum atomic E-state index is 14.0. The molecule has 1 atom stereocenters. The van der Waals surface area contributed by atoms with Crippen molar-refractivity contribution in [3.05, 3.63) is 52.8 Å². The van der Waals surface area contributed by atoms with Crippen LogP contribution in [0.4, 0.5) is 15.8 Å². The van der Waals surface area contributed by atoms with Crippen molar-refractivity contribution in [2.45, 2.75) is 19.4 Å². The molecule has 148 valence electrons. The van der Waals surface area contributed by atoms with E-state index in [1.807, 2.05) is 17.5 Å². The summed E-state index contributed by atoms with van der Waals surface area (Å²) in [5, 5.41) is 14.3. The third-order valence-electron chi connectivity index (χ3n) is 4.94. The van der Waals surface area contributed by atoms with Crippen LogP contribution in [0.1, 0.15) is 29.3 Å². The Morgan fingerprint density at radius 2 is 2.34 bits per heavy atom. The molecule has 1 unspecified atom stereocenters. The lowest BCUT2D eigenvalue weighted by molar-refractivity contribution is 0.0527. The summed E-state index contributed by atoms with van der Waals surface area (Å²) < 4.78 is 20.1. The number of thiophene rings is 1. The number of nitrogens with zero attached hydrogens (tertiary/aromatic N) is 3. The van der Waals surface area contributed by atoms with Crippen LogP contribution in [0.25, 0.3) is 10.2 Å². The molecule has 3 aromatic rings. The number of pyridine rings is 1. The zero-order valence-electron chi connectivity index (χ0n) is 15.8. The second kappa shape index (κ2) is 8.05. The van der Waals surface area contributed by atoms with Crippen LogP contribution < -0.4 is 10.2 Å². The highest BCUT2D eigenvalue weighted by Crippen LogP contribution is 2.33. The van der Waals surface area contributed by atoms with Crippen molar-refractivity contribution in [3.63, 3.8) is 0 Å². The van der Waals surface area contributed by atoms with Gasteiger partial charge in [-0.15, -0.1) is 11.3 Å². The number of rotatable bonds is 5. The van der Waals surface area contributed by atoms with Gasteiger partial charge in [0.05, 0.1) is 28.1 Å². The fraction of sp³-hybridized carbons (Fsp3) is 0.286. The number of carbonyl (C=O) groups is 1. The average Bonchev–Trinajstić information content (AvgIpc) is 3.38. The van der Waals surface area contributed by atoms with Gasteiger partial charge in [-0.2, -0.15) is 5.26 Å². The first-order chi connectivity index (χ1) is 14.1. The highest BCUT2D eigenvalue weighted by Gasteiger charge is 2.26. The summed E-state index contributed by atoms with van der Waals surface area (Å²) in [5.74, 6) is -0.915. The second-order valence-electron chi connectivity index (χ2n) is 6.75. The number of carbonyl (C=O) groups excluding carboxylic acids is 1. The molecular weight excluding hydrogens is 391 g/mol. The van der Waals surface area contributed by atoms with E-state index in [2.05, 4.69) is 15.2 Å². The molecule has 1 N–H and O–H groups in total. The summed E-state index contributed by atoms with van der Waals surface area (Å²) >= 11 is 1.52. The number of hydrogen-bond acceptors (Lipinski definition) is 7. The minimum atomic E-state index is -0.513. The van der Waals surface area contributed by atoms with Crippen molar-refractivity contribution in [2.75, 3.05) is 29.9 Å². The van der Waals surface area contributed by atoms with Crippen molar-refractivity contribution in [3.8, 4) is 6.07 Å². The predicted molar refractivity (Wildman–Crippen MR) is 111 cm³/mol. The Bertz CT molecular complexity index is 1110. The van der Waals surface area contributed by atoms with E-state index in [0.717, 1.165) is 34.6 Å². The Kier molecular flexibility index (Phi) is 5.32. The molecule has 3 heterocycles. The first-order valence-electron chi connectivity index (χ1n) is 9.35. The normalized spacial score (nSPS) is 16.0. The molecule has 6 nitrogen and oxygen atoms in total. The van der Waals surface area contributed by atoms with Crippen LogP contribution in [-0.4, -0.2) is 36.7 Å². The Morgan fingerprint density at radius 1 is 1.48 bits per heavy atom. The summed E-state index contributed by atoms with van der Waals surface area (Å²) in [6.07, 6.45) is 2.39. The molecule has 1 saturated heterocycles. The lowest BCUT2D eigenvalue weighted by Gasteiger charge is -2.21. The number of hydrogen-bond donors (Lipinski definition) is 1. The Balaban J connectivity index is 1.57. The van der Waals surface area contributed by atoms with E-state index < -0.39 is 11.8 Å². The van der Waals surface area contributed by atoms with Crippen LogP contribution in [0.3, 0.4) is 0 Å². The van der Waals surface area contributed by atoms with E-state index in [4.69, 9.17) is 10.00 Å². The number of esters is 1. The molecule has 1 fully saturated rings. The molecule has 0 radical (unpaired) electrons. The Hall–Kier alpha value is -3.18. The van der Waals surface area contributed by atoms with Crippen LogP contribution in [0.5, 0.6) is 0 Å². The molecule has 0 amide bonds. The number of halogens is 1. The lowest BCUT2D eigenvalue weighted by Crippen LogP contribution is -2.27. The number of nitrogens with one attached hydrogen (secondary N) is 1. The van der Waals surface area contributed by atoms with E-state index >= 15 is 0 Å². The standard InChI is InChI=1S/C21H19FN4O2S/c1-2-28-21(27)16-11-24-18-6-8-29-20(18)19(16)25-14-5-7-26(12-14)15-4-3-13(10-23)17(22)9-15/h3-4,6,8-9,11,14H,2,5,7,12H2,1H3,(H,24,25). The average molecular weight is 410 g/mol. The van der Waals surface area contributed by atoms with Gasteiger partial charge in [0.15, 0.2) is 0 Å². The lowest BCUT2D eigenvalue weighted by atomic mass is 10.1. The van der Waals surface area contributed by atoms with E-state index in [1.54, 1.807) is 19.2 Å². The third kappa shape index (κ3) is 3.74. The van der Waals surface area contributed by atoms with Gasteiger partial charge < -0.3 is 15.0 Å². The van der Waals surface area contributed by atoms with Crippen LogP contribution in [0, 0.1) is 17.1 Å². The molecule has 4 rings (SSSR count). The van der Waals surface area contributed by atoms with Crippen molar-refractivity contribution < 1.29 is 13.9 Å². The van der Waals surface area contributed by atoms with Gasteiger partial charge in [0, 0.05) is 31.0 Å². The predicted octanol–water partition coefficient (Wildman–Crippen LogP) is 4.17. The number of ether oxygens (including phenoxy) is 1. The highest BCUT2D eigenvalue weighted by atomic mass is 32.1. The minimum Gasteiger partial charge on any atom is -0.462 e. The molecule has 29 heavy (non-hydrogen) atoms. The zero-order valence-corrected chi connectivity index (χ0v) is 16.6. The van der Waals surface area contributed by atoms with Crippen LogP contribution in [0.15, 0.2) is 35.8 Å². The summed E-state index contributed by atoms with van der Waals surface area (Å²) in [5.41, 5.74) is 2.77. The number of nitriles is 1. The molecule has 0 spiro atoms. The number of anilines is 2. The molecule has 2 aromatic heterocycles. The molecular formula is C21H19FN4O2S. The van der Waals surface area contributed by atoms with Gasteiger partial charge in [-0.1, -0.05) is 0 Å². The summed E-state index contributed by atoms with van der Waals surface area (Å²) in [6, 6.07) is 8.50. The summed E-state index contributed by atoms with van der Waals surface area (Å²) in [7, 11) is 0. The van der Waals surface area contributed by atoms with Crippen LogP contribution >= 0.6 is 11.3 Å². The zero-order chi connectivity index (χ0) is 20.4. The second-order valence-corrected chi connectivity index (χ2v) is 7.67. The van der Waals surface area contributed by atoms with Gasteiger partial charge in [0.25, 0.3) is 0 Å². The van der Waals surface area contributed by atoms with Crippen molar-refractivity contribution in [2.24, 2.45) is 0 Å². The van der Waals surface area contributed by atoms with E-state index in [-0.39, 0.29) is 11.6 Å². The molecule has 1 aliphatic heterocycles. The number of aromatic nitrogens is 1. The molecule has 0 bridgehead atoms. The minimum absolute atomic E-state index is 0.0403. The molecule has 1 aromatic carbocycles. The fourth-order valence-corrected chi connectivity index (χ4v) is 4.39. The number of benzene rings is 1. The largest absolute Gasteiger partial charge is 0.462 e. The first kappa shape index (κ1) is 19.2. The monoisotopic (exact) mass is 410 g/mol. The smallest absolute Gasteiger partial charge is 0.341 e. The van der Waals surface area contributed by atoms with Gasteiger partial charge in [0.1, 0.15) is 17.4 Å². The van der Waals surface area contributed by atoms with Gasteiger partial charge >= 0.3 is 5.97 Å². The van der Waals surface area contributed by atoms with Crippen molar-refractivity contribution >= 4 is 38.9 Å². The van der Waals surface area contributed by atoms with E-state index in [9.17, 15) is 9.18 Å². The van der Waals surface area contributed by atoms with Gasteiger partial charge in [-0.25, -0.2) is 9.18 Å². The Morgan fingerprint density at radius 3 is 3.10 bits per heavy atom. The molecule has 0 saturated carbocycles. The molecule has 1 aliphatic rings. The maximum absolute atomic E-state index is 14.0. The maximum Gasteiger partial charge on any atom is 0.341 e. The Labute approximate surface area is 171 Å². The van der Waals surface area contributed by atoms with Crippen molar-refractivity contribution in [1.29, 1.82) is 5.26 Å². The molecule has 0 aliphatic carbocycles. The van der Waals surface area contributed by atoms with Crippen LogP contribution in [-0.2, 0) is 4.74 Å². The molecule has 8 heteroatoms. The first-order valence-corrected chi connectivity index (χ1v) is 10.2. The van der Waals surface area contributed by atoms with Gasteiger partial charge in [0.2, 0.25) is 0 Å². The summed E-state index contributed by atoms with van der Waals surface area (Å²) in [4.78, 5) is 18.8. The van der Waals surface area contributed by atoms with E-state index in [0.29, 0.717) is 18.7 Å².